The van der Waals surface area contributed by atoms with Gasteiger partial charge >= 0.3 is 0 Å². The largest absolute Gasteiger partial charge is 0.379 e. The van der Waals surface area contributed by atoms with Crippen molar-refractivity contribution in [1.82, 2.24) is 4.90 Å². The molecule has 3 nitrogen and oxygen atoms in total. The van der Waals surface area contributed by atoms with Crippen molar-refractivity contribution in [3.05, 3.63) is 0 Å². The van der Waals surface area contributed by atoms with Gasteiger partial charge in [-0.05, 0) is 6.42 Å². The highest BCUT2D eigenvalue weighted by Crippen LogP contribution is 2.21. The Balaban J connectivity index is 1.86. The fourth-order valence-corrected chi connectivity index (χ4v) is 2.05. The lowest BCUT2D eigenvalue weighted by molar-refractivity contribution is -0.117. The summed E-state index contributed by atoms with van der Waals surface area (Å²) in [5, 5.41) is 0. The first-order valence-corrected chi connectivity index (χ1v) is 4.70. The highest BCUT2D eigenvalue weighted by Gasteiger charge is 2.28. The van der Waals surface area contributed by atoms with Crippen molar-refractivity contribution in [2.75, 3.05) is 26.3 Å². The molecule has 1 saturated carbocycles. The second-order valence-corrected chi connectivity index (χ2v) is 3.58. The first-order valence-electron chi connectivity index (χ1n) is 4.70. The van der Waals surface area contributed by atoms with Crippen LogP contribution in [0.4, 0.5) is 0 Å². The van der Waals surface area contributed by atoms with Crippen LogP contribution >= 0.6 is 0 Å². The zero-order valence-corrected chi connectivity index (χ0v) is 7.29. The van der Waals surface area contributed by atoms with Gasteiger partial charge in [0.2, 0.25) is 0 Å². The average molecular weight is 169 g/mol. The smallest absolute Gasteiger partial charge is 0.134 e. The number of nitrogens with zero attached hydrogens (tertiary/aromatic N) is 1. The van der Waals surface area contributed by atoms with Gasteiger partial charge in [-0.25, -0.2) is 0 Å². The standard InChI is InChI=1S/C9H15NO2/c11-9-2-1-8(7-9)10-3-5-12-6-4-10/h8H,1-7H2. The van der Waals surface area contributed by atoms with E-state index in [4.69, 9.17) is 4.74 Å². The van der Waals surface area contributed by atoms with E-state index in [1.54, 1.807) is 0 Å². The third kappa shape index (κ3) is 1.67. The predicted molar refractivity (Wildman–Crippen MR) is 45.0 cm³/mol. The maximum atomic E-state index is 11.0. The molecule has 0 aromatic heterocycles. The second kappa shape index (κ2) is 3.54. The minimum atomic E-state index is 0.437. The highest BCUT2D eigenvalue weighted by molar-refractivity contribution is 5.81. The zero-order valence-electron chi connectivity index (χ0n) is 7.29. The van der Waals surface area contributed by atoms with Crippen LogP contribution in [-0.2, 0) is 9.53 Å². The van der Waals surface area contributed by atoms with Gasteiger partial charge in [-0.15, -0.1) is 0 Å². The molecule has 1 aliphatic carbocycles. The Kier molecular flexibility index (Phi) is 2.42. The van der Waals surface area contributed by atoms with Crippen LogP contribution in [0.25, 0.3) is 0 Å². The van der Waals surface area contributed by atoms with Gasteiger partial charge in [0, 0.05) is 32.0 Å². The average Bonchev–Trinajstić information content (AvgIpc) is 2.54. The third-order valence-corrected chi connectivity index (χ3v) is 2.78. The maximum absolute atomic E-state index is 11.0. The van der Waals surface area contributed by atoms with Crippen LogP contribution in [0.2, 0.25) is 0 Å². The van der Waals surface area contributed by atoms with Crippen LogP contribution in [0.1, 0.15) is 19.3 Å². The van der Waals surface area contributed by atoms with Gasteiger partial charge in [0.1, 0.15) is 5.78 Å². The molecule has 1 saturated heterocycles. The summed E-state index contributed by atoms with van der Waals surface area (Å²) in [7, 11) is 0. The number of carbonyl (C=O) groups is 1. The van der Waals surface area contributed by atoms with Crippen LogP contribution in [-0.4, -0.2) is 43.0 Å². The number of Topliss-reactive ketones (excluding diaryl/α,β-unsaturated/α-hetero) is 1. The lowest BCUT2D eigenvalue weighted by atomic mass is 10.2. The molecule has 1 atom stereocenters. The first-order chi connectivity index (χ1) is 5.86. The summed E-state index contributed by atoms with van der Waals surface area (Å²) in [6.45, 7) is 3.70. The van der Waals surface area contributed by atoms with Gasteiger partial charge in [-0.3, -0.25) is 9.69 Å². The Morgan fingerprint density at radius 1 is 1.33 bits per heavy atom. The fraction of sp³-hybridized carbons (Fsp3) is 0.889. The molecular formula is C9H15NO2. The molecule has 1 heterocycles. The van der Waals surface area contributed by atoms with Gasteiger partial charge in [-0.1, -0.05) is 0 Å². The van der Waals surface area contributed by atoms with Crippen molar-refractivity contribution in [3.63, 3.8) is 0 Å². The number of hydrogen-bond donors (Lipinski definition) is 0. The van der Waals surface area contributed by atoms with E-state index in [0.29, 0.717) is 11.8 Å². The minimum Gasteiger partial charge on any atom is -0.379 e. The molecule has 12 heavy (non-hydrogen) atoms. The van der Waals surface area contributed by atoms with Crippen molar-refractivity contribution in [2.45, 2.75) is 25.3 Å². The van der Waals surface area contributed by atoms with Crippen LogP contribution in [0, 0.1) is 0 Å². The molecule has 2 rings (SSSR count). The Bertz CT molecular complexity index is 175. The number of ketones is 1. The molecule has 3 heteroatoms. The topological polar surface area (TPSA) is 29.5 Å². The van der Waals surface area contributed by atoms with E-state index in [1.165, 1.54) is 0 Å². The Hall–Kier alpha value is -0.410. The van der Waals surface area contributed by atoms with Crippen molar-refractivity contribution in [3.8, 4) is 0 Å². The van der Waals surface area contributed by atoms with Crippen molar-refractivity contribution >= 4 is 5.78 Å². The molecule has 0 amide bonds. The number of rotatable bonds is 1. The molecule has 1 unspecified atom stereocenters. The Morgan fingerprint density at radius 2 is 2.08 bits per heavy atom. The van der Waals surface area contributed by atoms with Crippen molar-refractivity contribution < 1.29 is 9.53 Å². The SMILES string of the molecule is O=C1CCC(N2CCOCC2)C1. The van der Waals surface area contributed by atoms with E-state index in [9.17, 15) is 4.79 Å². The molecule has 0 N–H and O–H groups in total. The Labute approximate surface area is 72.7 Å². The molecule has 0 spiro atoms. The van der Waals surface area contributed by atoms with E-state index >= 15 is 0 Å². The van der Waals surface area contributed by atoms with Crippen LogP contribution in [0.5, 0.6) is 0 Å². The molecule has 68 valence electrons. The number of morpholine rings is 1. The Morgan fingerprint density at radius 3 is 2.67 bits per heavy atom. The van der Waals surface area contributed by atoms with Crippen molar-refractivity contribution in [2.24, 2.45) is 0 Å². The van der Waals surface area contributed by atoms with E-state index in [0.717, 1.165) is 45.6 Å². The summed E-state index contributed by atoms with van der Waals surface area (Å²) < 4.78 is 5.26. The quantitative estimate of drug-likeness (QED) is 0.570. The van der Waals surface area contributed by atoms with Gasteiger partial charge in [-0.2, -0.15) is 0 Å². The van der Waals surface area contributed by atoms with E-state index in [1.807, 2.05) is 0 Å². The predicted octanol–water partition coefficient (Wildman–Crippen LogP) is 0.440. The van der Waals surface area contributed by atoms with Crippen LogP contribution < -0.4 is 0 Å². The van der Waals surface area contributed by atoms with Crippen LogP contribution in [0.3, 0.4) is 0 Å². The zero-order chi connectivity index (χ0) is 8.39. The van der Waals surface area contributed by atoms with Crippen LogP contribution in [0.15, 0.2) is 0 Å². The molecular weight excluding hydrogens is 154 g/mol. The monoisotopic (exact) mass is 169 g/mol. The third-order valence-electron chi connectivity index (χ3n) is 2.78. The summed E-state index contributed by atoms with van der Waals surface area (Å²) in [6, 6.07) is 0.529. The van der Waals surface area contributed by atoms with Gasteiger partial charge in [0.15, 0.2) is 0 Å². The summed E-state index contributed by atoms with van der Waals surface area (Å²) >= 11 is 0. The molecule has 0 aromatic rings. The normalized spacial score (nSPS) is 32.7. The van der Waals surface area contributed by atoms with Gasteiger partial charge in [0.05, 0.1) is 13.2 Å². The molecule has 2 fully saturated rings. The van der Waals surface area contributed by atoms with Crippen molar-refractivity contribution in [1.29, 1.82) is 0 Å². The summed E-state index contributed by atoms with van der Waals surface area (Å²) in [5.41, 5.74) is 0. The molecule has 0 aromatic carbocycles. The highest BCUT2D eigenvalue weighted by atomic mass is 16.5. The summed E-state index contributed by atoms with van der Waals surface area (Å²) in [5.74, 6) is 0.437. The second-order valence-electron chi connectivity index (χ2n) is 3.58. The molecule has 0 radical (unpaired) electrons. The van der Waals surface area contributed by atoms with Gasteiger partial charge < -0.3 is 4.74 Å². The fourth-order valence-electron chi connectivity index (χ4n) is 2.05. The van der Waals surface area contributed by atoms with E-state index in [2.05, 4.69) is 4.90 Å². The molecule has 1 aliphatic heterocycles. The van der Waals surface area contributed by atoms with E-state index < -0.39 is 0 Å². The van der Waals surface area contributed by atoms with E-state index in [-0.39, 0.29) is 0 Å². The lowest BCUT2D eigenvalue weighted by Crippen LogP contribution is -2.42. The van der Waals surface area contributed by atoms with Gasteiger partial charge in [0.25, 0.3) is 0 Å². The lowest BCUT2D eigenvalue weighted by Gasteiger charge is -2.31. The molecule has 0 bridgehead atoms. The number of hydrogen-bond acceptors (Lipinski definition) is 3. The summed E-state index contributed by atoms with van der Waals surface area (Å²) in [4.78, 5) is 13.4. The number of carbonyl (C=O) groups excluding carboxylic acids is 1. The first kappa shape index (κ1) is 8.20. The minimum absolute atomic E-state index is 0.437. The maximum Gasteiger partial charge on any atom is 0.134 e. The molecule has 2 aliphatic rings. The summed E-state index contributed by atoms with van der Waals surface area (Å²) in [6.07, 6.45) is 2.64. The number of ether oxygens (including phenoxy) is 1.